The van der Waals surface area contributed by atoms with Crippen LogP contribution in [0.3, 0.4) is 0 Å². The van der Waals surface area contributed by atoms with Crippen LogP contribution >= 0.6 is 0 Å². The van der Waals surface area contributed by atoms with Crippen molar-refractivity contribution in [3.05, 3.63) is 66.2 Å². The van der Waals surface area contributed by atoms with Gasteiger partial charge in [-0.15, -0.1) is 0 Å². The van der Waals surface area contributed by atoms with Gasteiger partial charge in [-0.05, 0) is 36.8 Å². The number of nitrogens with zero attached hydrogens (tertiary/aromatic N) is 4. The van der Waals surface area contributed by atoms with Crippen molar-refractivity contribution in [2.45, 2.75) is 19.8 Å². The molecule has 7 heteroatoms. The number of anilines is 1. The molecule has 1 aromatic carbocycles. The van der Waals surface area contributed by atoms with E-state index in [1.54, 1.807) is 12.5 Å². The molecule has 4 aromatic rings. The lowest BCUT2D eigenvalue weighted by Gasteiger charge is -2.22. The zero-order chi connectivity index (χ0) is 21.2. The van der Waals surface area contributed by atoms with Crippen molar-refractivity contribution in [3.8, 4) is 22.9 Å². The third kappa shape index (κ3) is 3.86. The molecule has 0 spiro atoms. The van der Waals surface area contributed by atoms with Gasteiger partial charge in [-0.1, -0.05) is 13.0 Å². The number of fused-ring (bicyclic) bond motifs is 2. The quantitative estimate of drug-likeness (QED) is 0.520. The van der Waals surface area contributed by atoms with Crippen molar-refractivity contribution in [2.24, 2.45) is 0 Å². The summed E-state index contributed by atoms with van der Waals surface area (Å²) >= 11 is 0. The molecular formula is C24H23N5O2. The smallest absolute Gasteiger partial charge is 0.257 e. The minimum Gasteiger partial charge on any atom is -0.484 e. The summed E-state index contributed by atoms with van der Waals surface area (Å²) in [6.45, 7) is 5.98. The normalized spacial score (nSPS) is 13.7. The summed E-state index contributed by atoms with van der Waals surface area (Å²) in [6.07, 6.45) is 5.18. The lowest BCUT2D eigenvalue weighted by atomic mass is 10.0. The number of aromatic nitrogens is 4. The van der Waals surface area contributed by atoms with Gasteiger partial charge in [0.1, 0.15) is 25.4 Å². The van der Waals surface area contributed by atoms with E-state index in [1.807, 2.05) is 24.4 Å². The van der Waals surface area contributed by atoms with Crippen LogP contribution in [0.15, 0.2) is 55.1 Å². The van der Waals surface area contributed by atoms with Crippen LogP contribution in [0.25, 0.3) is 22.2 Å². The second-order valence-electron chi connectivity index (χ2n) is 7.67. The highest BCUT2D eigenvalue weighted by Crippen LogP contribution is 2.35. The molecule has 1 aliphatic rings. The number of pyridine rings is 2. The molecule has 7 nitrogen and oxygen atoms in total. The Labute approximate surface area is 180 Å². The van der Waals surface area contributed by atoms with E-state index in [0.717, 1.165) is 44.9 Å². The molecule has 0 saturated carbocycles. The van der Waals surface area contributed by atoms with Crippen LogP contribution in [-0.2, 0) is 0 Å². The zero-order valence-corrected chi connectivity index (χ0v) is 17.5. The van der Waals surface area contributed by atoms with Crippen molar-refractivity contribution in [2.75, 3.05) is 25.1 Å². The second kappa shape index (κ2) is 8.18. The summed E-state index contributed by atoms with van der Waals surface area (Å²) in [5, 5.41) is 4.53. The van der Waals surface area contributed by atoms with Gasteiger partial charge in [0.15, 0.2) is 5.75 Å². The van der Waals surface area contributed by atoms with Gasteiger partial charge in [-0.2, -0.15) is 0 Å². The molecule has 1 atom stereocenters. The van der Waals surface area contributed by atoms with E-state index < -0.39 is 0 Å². The molecule has 4 heterocycles. The summed E-state index contributed by atoms with van der Waals surface area (Å²) in [5.74, 6) is 2.28. The predicted octanol–water partition coefficient (Wildman–Crippen LogP) is 4.38. The van der Waals surface area contributed by atoms with Gasteiger partial charge in [-0.25, -0.2) is 15.0 Å². The van der Waals surface area contributed by atoms with Crippen molar-refractivity contribution < 1.29 is 9.47 Å². The fourth-order valence-corrected chi connectivity index (χ4v) is 3.86. The summed E-state index contributed by atoms with van der Waals surface area (Å²) < 4.78 is 11.4. The molecule has 0 saturated heterocycles. The Morgan fingerprint density at radius 1 is 1.00 bits per heavy atom. The van der Waals surface area contributed by atoms with Crippen molar-refractivity contribution in [3.63, 3.8) is 0 Å². The third-order valence-corrected chi connectivity index (χ3v) is 5.45. The molecule has 0 unspecified atom stereocenters. The van der Waals surface area contributed by atoms with Gasteiger partial charge in [0.2, 0.25) is 0 Å². The summed E-state index contributed by atoms with van der Waals surface area (Å²) in [4.78, 5) is 17.6. The van der Waals surface area contributed by atoms with Gasteiger partial charge < -0.3 is 14.8 Å². The number of aryl methyl sites for hydroxylation is 1. The van der Waals surface area contributed by atoms with E-state index in [1.165, 1.54) is 0 Å². The van der Waals surface area contributed by atoms with E-state index in [-0.39, 0.29) is 5.92 Å². The molecular weight excluding hydrogens is 390 g/mol. The van der Waals surface area contributed by atoms with Crippen LogP contribution in [0.5, 0.6) is 11.6 Å². The first kappa shape index (κ1) is 19.2. The zero-order valence-electron chi connectivity index (χ0n) is 17.5. The Balaban J connectivity index is 1.36. The van der Waals surface area contributed by atoms with Gasteiger partial charge in [0.05, 0.1) is 11.2 Å². The molecule has 31 heavy (non-hydrogen) atoms. The first-order valence-electron chi connectivity index (χ1n) is 10.4. The Morgan fingerprint density at radius 2 is 1.90 bits per heavy atom. The maximum absolute atomic E-state index is 5.81. The lowest BCUT2D eigenvalue weighted by Crippen LogP contribution is -2.19. The standard InChI is InChI=1S/C24H23N5O2/c1-15-10-18(11-17-4-3-6-25-22(15)17)20-12-21(29-14-28-20)27-13-16(2)19-5-7-26-24-23(19)30-8-9-31-24/h3-7,10-12,14,16H,8-9,13H2,1-2H3,(H,27,28,29)/t16-/m1/s1. The third-order valence-electron chi connectivity index (χ3n) is 5.45. The summed E-state index contributed by atoms with van der Waals surface area (Å²) in [6, 6.07) is 12.2. The first-order valence-corrected chi connectivity index (χ1v) is 10.4. The van der Waals surface area contributed by atoms with Crippen LogP contribution in [0.2, 0.25) is 0 Å². The number of nitrogens with one attached hydrogen (secondary N) is 1. The maximum atomic E-state index is 5.81. The fourth-order valence-electron chi connectivity index (χ4n) is 3.86. The highest BCUT2D eigenvalue weighted by Gasteiger charge is 2.20. The maximum Gasteiger partial charge on any atom is 0.257 e. The first-order chi connectivity index (χ1) is 15.2. The Morgan fingerprint density at radius 3 is 2.84 bits per heavy atom. The average molecular weight is 413 g/mol. The fraction of sp³-hybridized carbons (Fsp3) is 0.250. The number of rotatable bonds is 5. The van der Waals surface area contributed by atoms with Crippen LogP contribution in [0, 0.1) is 6.92 Å². The minimum atomic E-state index is 0.186. The SMILES string of the molecule is Cc1cc(-c2cc(NC[C@@H](C)c3ccnc4c3OCCO4)ncn2)cc2cccnc12. The molecule has 0 radical (unpaired) electrons. The molecule has 0 bridgehead atoms. The molecule has 0 aliphatic carbocycles. The molecule has 0 amide bonds. The minimum absolute atomic E-state index is 0.186. The number of hydrogen-bond acceptors (Lipinski definition) is 7. The van der Waals surface area contributed by atoms with Crippen LogP contribution in [0.4, 0.5) is 5.82 Å². The predicted molar refractivity (Wildman–Crippen MR) is 120 cm³/mol. The topological polar surface area (TPSA) is 82.1 Å². The average Bonchev–Trinajstić information content (AvgIpc) is 2.82. The van der Waals surface area contributed by atoms with E-state index in [9.17, 15) is 0 Å². The molecule has 5 rings (SSSR count). The summed E-state index contributed by atoms with van der Waals surface area (Å²) in [7, 11) is 0. The Hall–Kier alpha value is -3.74. The second-order valence-corrected chi connectivity index (χ2v) is 7.67. The highest BCUT2D eigenvalue weighted by atomic mass is 16.6. The van der Waals surface area contributed by atoms with Crippen molar-refractivity contribution in [1.82, 2.24) is 19.9 Å². The number of ether oxygens (including phenoxy) is 2. The van der Waals surface area contributed by atoms with E-state index in [0.29, 0.717) is 25.6 Å². The molecule has 1 N–H and O–H groups in total. The molecule has 0 fully saturated rings. The van der Waals surface area contributed by atoms with Crippen LogP contribution in [0.1, 0.15) is 24.0 Å². The van der Waals surface area contributed by atoms with Crippen LogP contribution < -0.4 is 14.8 Å². The van der Waals surface area contributed by atoms with Gasteiger partial charge in [0.25, 0.3) is 5.88 Å². The van der Waals surface area contributed by atoms with Gasteiger partial charge >= 0.3 is 0 Å². The highest BCUT2D eigenvalue weighted by molar-refractivity contribution is 5.86. The van der Waals surface area contributed by atoms with Gasteiger partial charge in [0, 0.05) is 47.4 Å². The Bertz CT molecular complexity index is 1240. The largest absolute Gasteiger partial charge is 0.484 e. The summed E-state index contributed by atoms with van der Waals surface area (Å²) in [5.41, 5.74) is 5.13. The lowest BCUT2D eigenvalue weighted by molar-refractivity contribution is 0.162. The van der Waals surface area contributed by atoms with Crippen LogP contribution in [-0.4, -0.2) is 39.7 Å². The van der Waals surface area contributed by atoms with Crippen molar-refractivity contribution in [1.29, 1.82) is 0 Å². The molecule has 156 valence electrons. The van der Waals surface area contributed by atoms with Crippen molar-refractivity contribution >= 4 is 16.7 Å². The number of hydrogen-bond donors (Lipinski definition) is 1. The number of benzene rings is 1. The molecule has 3 aromatic heterocycles. The molecule has 1 aliphatic heterocycles. The van der Waals surface area contributed by atoms with E-state index >= 15 is 0 Å². The van der Waals surface area contributed by atoms with Gasteiger partial charge in [-0.3, -0.25) is 4.98 Å². The van der Waals surface area contributed by atoms with E-state index in [2.05, 4.69) is 57.3 Å². The Kier molecular flexibility index (Phi) is 5.08. The van der Waals surface area contributed by atoms with E-state index in [4.69, 9.17) is 9.47 Å². The monoisotopic (exact) mass is 413 g/mol.